The minimum Gasteiger partial charge on any atom is -0.395 e. The van der Waals surface area contributed by atoms with Gasteiger partial charge in [-0.25, -0.2) is 13.8 Å². The molecule has 1 aliphatic heterocycles. The lowest BCUT2D eigenvalue weighted by Gasteiger charge is -2.28. The van der Waals surface area contributed by atoms with Crippen LogP contribution >= 0.6 is 0 Å². The zero-order valence-electron chi connectivity index (χ0n) is 18.1. The molecule has 1 saturated heterocycles. The van der Waals surface area contributed by atoms with Crippen LogP contribution in [-0.4, -0.2) is 60.4 Å². The predicted octanol–water partition coefficient (Wildman–Crippen LogP) is 2.64. The van der Waals surface area contributed by atoms with Crippen molar-refractivity contribution in [3.05, 3.63) is 59.3 Å². The molecule has 1 atom stereocenters. The van der Waals surface area contributed by atoms with Crippen LogP contribution in [0.3, 0.4) is 0 Å². The maximum Gasteiger partial charge on any atom is 0.251 e. The molecule has 0 saturated carbocycles. The van der Waals surface area contributed by atoms with Crippen LogP contribution in [0.15, 0.2) is 36.5 Å². The van der Waals surface area contributed by atoms with Gasteiger partial charge in [0, 0.05) is 42.5 Å². The van der Waals surface area contributed by atoms with Crippen LogP contribution in [0, 0.1) is 11.6 Å². The molecule has 3 N–H and O–H groups in total. The van der Waals surface area contributed by atoms with E-state index in [1.54, 1.807) is 18.3 Å². The number of nitrogens with one attached hydrogen (secondary N) is 2. The molecule has 2 heterocycles. The zero-order chi connectivity index (χ0) is 23.4. The Morgan fingerprint density at radius 2 is 1.91 bits per heavy atom. The molecule has 33 heavy (non-hydrogen) atoms. The van der Waals surface area contributed by atoms with E-state index in [1.165, 1.54) is 12.1 Å². The summed E-state index contributed by atoms with van der Waals surface area (Å²) in [7, 11) is 0. The lowest BCUT2D eigenvalue weighted by atomic mass is 10.0. The summed E-state index contributed by atoms with van der Waals surface area (Å²) in [6.07, 6.45) is 1.66. The van der Waals surface area contributed by atoms with Crippen LogP contribution in [0.25, 0.3) is 11.0 Å². The highest BCUT2D eigenvalue weighted by atomic mass is 19.1. The van der Waals surface area contributed by atoms with Gasteiger partial charge in [0.25, 0.3) is 5.91 Å². The number of halogens is 2. The topological polar surface area (TPSA) is 99.6 Å². The molecule has 1 amide bonds. The first-order valence-corrected chi connectivity index (χ1v) is 10.7. The summed E-state index contributed by atoms with van der Waals surface area (Å²) < 4.78 is 32.8. The van der Waals surface area contributed by atoms with E-state index in [0.29, 0.717) is 54.3 Å². The fraction of sp³-hybridized carbons (Fsp3) is 0.348. The number of amides is 1. The highest BCUT2D eigenvalue weighted by Gasteiger charge is 2.19. The number of rotatable bonds is 7. The van der Waals surface area contributed by atoms with E-state index >= 15 is 0 Å². The third kappa shape index (κ3) is 5.35. The van der Waals surface area contributed by atoms with E-state index in [0.717, 1.165) is 6.07 Å². The number of fused-ring (bicyclic) bond motifs is 1. The highest BCUT2D eigenvalue weighted by molar-refractivity contribution is 5.98. The number of carbonyl (C=O) groups excluding carboxylic acids is 1. The molecule has 1 aromatic heterocycles. The zero-order valence-corrected chi connectivity index (χ0v) is 18.1. The van der Waals surface area contributed by atoms with Crippen LogP contribution in [0.2, 0.25) is 0 Å². The van der Waals surface area contributed by atoms with E-state index in [9.17, 15) is 13.6 Å². The molecule has 3 aromatic rings. The lowest BCUT2D eigenvalue weighted by molar-refractivity contribution is 0.0944. The van der Waals surface area contributed by atoms with Crippen LogP contribution < -0.4 is 15.5 Å². The van der Waals surface area contributed by atoms with Crippen molar-refractivity contribution in [3.8, 4) is 0 Å². The van der Waals surface area contributed by atoms with Gasteiger partial charge in [-0.1, -0.05) is 0 Å². The normalized spacial score (nSPS) is 14.8. The molecular weight excluding hydrogens is 432 g/mol. The Morgan fingerprint density at radius 3 is 2.61 bits per heavy atom. The van der Waals surface area contributed by atoms with Crippen LogP contribution in [0.1, 0.15) is 28.9 Å². The van der Waals surface area contributed by atoms with Gasteiger partial charge in [0.05, 0.1) is 43.1 Å². The molecule has 4 rings (SSSR count). The fourth-order valence-corrected chi connectivity index (χ4v) is 3.77. The van der Waals surface area contributed by atoms with Gasteiger partial charge >= 0.3 is 0 Å². The average Bonchev–Trinajstić information content (AvgIpc) is 2.81. The summed E-state index contributed by atoms with van der Waals surface area (Å²) in [4.78, 5) is 24.0. The van der Waals surface area contributed by atoms with Gasteiger partial charge in [0.15, 0.2) is 0 Å². The van der Waals surface area contributed by atoms with Crippen molar-refractivity contribution in [2.24, 2.45) is 0 Å². The molecule has 0 aliphatic carbocycles. The summed E-state index contributed by atoms with van der Waals surface area (Å²) in [6.45, 7) is 4.32. The molecular formula is C23H25F2N5O3. The van der Waals surface area contributed by atoms with Gasteiger partial charge in [0.1, 0.15) is 17.5 Å². The summed E-state index contributed by atoms with van der Waals surface area (Å²) in [5, 5.41) is 14.7. The molecule has 1 aliphatic rings. The van der Waals surface area contributed by atoms with Crippen molar-refractivity contribution in [1.29, 1.82) is 0 Å². The first kappa shape index (κ1) is 22.8. The standard InChI is InChI=1S/C23H25F2N5O3/c1-14(28-18-11-16(24)10-17(25)12-18)19-8-15(23(32)26-2-5-31)9-20-22(19)29-21(13-27-20)30-3-6-33-7-4-30/h8-14,28,31H,2-7H2,1H3,(H,26,32). The predicted molar refractivity (Wildman–Crippen MR) is 120 cm³/mol. The largest absolute Gasteiger partial charge is 0.395 e. The Labute approximate surface area is 189 Å². The maximum absolute atomic E-state index is 13.7. The molecule has 8 nitrogen and oxygen atoms in total. The third-order valence-electron chi connectivity index (χ3n) is 5.37. The third-order valence-corrected chi connectivity index (χ3v) is 5.37. The summed E-state index contributed by atoms with van der Waals surface area (Å²) in [5.74, 6) is -1.06. The van der Waals surface area contributed by atoms with Gasteiger partial charge in [-0.15, -0.1) is 0 Å². The molecule has 174 valence electrons. The lowest BCUT2D eigenvalue weighted by Crippen LogP contribution is -2.36. The van der Waals surface area contributed by atoms with Crippen LogP contribution in [0.4, 0.5) is 20.3 Å². The summed E-state index contributed by atoms with van der Waals surface area (Å²) in [5.41, 5.74) is 2.35. The number of ether oxygens (including phenoxy) is 1. The monoisotopic (exact) mass is 457 g/mol. The summed E-state index contributed by atoms with van der Waals surface area (Å²) >= 11 is 0. The van der Waals surface area contributed by atoms with Crippen molar-refractivity contribution in [1.82, 2.24) is 15.3 Å². The molecule has 0 radical (unpaired) electrons. The number of nitrogens with zero attached hydrogens (tertiary/aromatic N) is 3. The number of aromatic nitrogens is 2. The van der Waals surface area contributed by atoms with Crippen LogP contribution in [0.5, 0.6) is 0 Å². The van der Waals surface area contributed by atoms with E-state index in [4.69, 9.17) is 14.8 Å². The number of hydrogen-bond acceptors (Lipinski definition) is 7. The molecule has 0 bridgehead atoms. The average molecular weight is 457 g/mol. The Morgan fingerprint density at radius 1 is 1.18 bits per heavy atom. The van der Waals surface area contributed by atoms with Gasteiger partial charge < -0.3 is 25.4 Å². The van der Waals surface area contributed by atoms with Gasteiger partial charge in [-0.3, -0.25) is 9.78 Å². The van der Waals surface area contributed by atoms with Crippen molar-refractivity contribution in [3.63, 3.8) is 0 Å². The van der Waals surface area contributed by atoms with Gasteiger partial charge in [0.2, 0.25) is 0 Å². The van der Waals surface area contributed by atoms with E-state index in [-0.39, 0.29) is 24.7 Å². The van der Waals surface area contributed by atoms with Crippen molar-refractivity contribution < 1.29 is 23.4 Å². The van der Waals surface area contributed by atoms with Crippen molar-refractivity contribution in [2.75, 3.05) is 49.7 Å². The number of anilines is 2. The number of morpholine rings is 1. The smallest absolute Gasteiger partial charge is 0.251 e. The van der Waals surface area contributed by atoms with Crippen molar-refractivity contribution in [2.45, 2.75) is 13.0 Å². The Hall–Kier alpha value is -3.37. The van der Waals surface area contributed by atoms with Gasteiger partial charge in [-0.2, -0.15) is 0 Å². The molecule has 1 unspecified atom stereocenters. The van der Waals surface area contributed by atoms with Crippen LogP contribution in [-0.2, 0) is 4.74 Å². The Bertz CT molecular complexity index is 1130. The first-order valence-electron chi connectivity index (χ1n) is 10.7. The molecule has 10 heteroatoms. The van der Waals surface area contributed by atoms with E-state index in [2.05, 4.69) is 20.5 Å². The number of hydrogen-bond donors (Lipinski definition) is 3. The second kappa shape index (κ2) is 10.1. The number of aliphatic hydroxyl groups excluding tert-OH is 1. The second-order valence-corrected chi connectivity index (χ2v) is 7.76. The Balaban J connectivity index is 1.75. The number of benzene rings is 2. The number of carbonyl (C=O) groups is 1. The minimum atomic E-state index is -0.693. The first-order chi connectivity index (χ1) is 15.9. The number of aliphatic hydroxyl groups is 1. The highest BCUT2D eigenvalue weighted by Crippen LogP contribution is 2.29. The second-order valence-electron chi connectivity index (χ2n) is 7.76. The molecule has 1 fully saturated rings. The fourth-order valence-electron chi connectivity index (χ4n) is 3.77. The summed E-state index contributed by atoms with van der Waals surface area (Å²) in [6, 6.07) is 6.07. The van der Waals surface area contributed by atoms with Crippen molar-refractivity contribution >= 4 is 28.4 Å². The van der Waals surface area contributed by atoms with Gasteiger partial charge in [-0.05, 0) is 31.2 Å². The van der Waals surface area contributed by atoms with E-state index in [1.807, 2.05) is 6.92 Å². The quantitative estimate of drug-likeness (QED) is 0.502. The Kier molecular flexibility index (Phi) is 6.95. The molecule has 0 spiro atoms. The molecule has 2 aromatic carbocycles. The minimum absolute atomic E-state index is 0.115. The SMILES string of the molecule is CC(Nc1cc(F)cc(F)c1)c1cc(C(=O)NCCO)cc2ncc(N3CCOCC3)nc12. The maximum atomic E-state index is 13.7. The van der Waals surface area contributed by atoms with E-state index < -0.39 is 17.7 Å².